The van der Waals surface area contributed by atoms with Crippen molar-refractivity contribution in [3.8, 4) is 0 Å². The van der Waals surface area contributed by atoms with Gasteiger partial charge in [-0.1, -0.05) is 80.7 Å². The molecule has 0 saturated heterocycles. The van der Waals surface area contributed by atoms with Gasteiger partial charge in [0.25, 0.3) is 0 Å². The maximum absolute atomic E-state index is 10.4. The first kappa shape index (κ1) is 20.3. The Morgan fingerprint density at radius 1 is 0.960 bits per heavy atom. The molecule has 0 heterocycles. The average molecular weight is 373 g/mol. The number of thioether (sulfide) groups is 1. The first-order valence-corrected chi connectivity index (χ1v) is 13.1. The van der Waals surface area contributed by atoms with E-state index in [1.54, 1.807) is 0 Å². The molecule has 1 N–H and O–H groups in total. The van der Waals surface area contributed by atoms with E-state index in [1.165, 1.54) is 10.1 Å². The van der Waals surface area contributed by atoms with E-state index in [0.717, 1.165) is 6.42 Å². The van der Waals surface area contributed by atoms with E-state index in [0.29, 0.717) is 11.5 Å². The molecular formula is C22H32OSSi. The van der Waals surface area contributed by atoms with Crippen LogP contribution in [0.5, 0.6) is 0 Å². The summed E-state index contributed by atoms with van der Waals surface area (Å²) in [6.45, 7) is 12.0. The minimum Gasteiger partial charge on any atom is -0.395 e. The van der Waals surface area contributed by atoms with Crippen LogP contribution in [0.15, 0.2) is 65.6 Å². The highest BCUT2D eigenvalue weighted by molar-refractivity contribution is 8.00. The predicted molar refractivity (Wildman–Crippen MR) is 115 cm³/mol. The molecule has 2 aromatic carbocycles. The lowest BCUT2D eigenvalue weighted by Crippen LogP contribution is -2.54. The lowest BCUT2D eigenvalue weighted by atomic mass is 9.98. The van der Waals surface area contributed by atoms with E-state index < -0.39 is 8.07 Å². The molecule has 3 heteroatoms. The molecule has 25 heavy (non-hydrogen) atoms. The number of aliphatic hydroxyl groups excluding tert-OH is 1. The predicted octanol–water partition coefficient (Wildman–Crippen LogP) is 5.56. The van der Waals surface area contributed by atoms with E-state index in [2.05, 4.69) is 94.5 Å². The Bertz CT molecular complexity index is 642. The summed E-state index contributed by atoms with van der Waals surface area (Å²) in [7, 11) is -1.76. The molecule has 1 nitrogen and oxygen atoms in total. The maximum Gasteiger partial charge on any atom is 0.0851 e. The van der Waals surface area contributed by atoms with Crippen LogP contribution < -0.4 is 5.19 Å². The summed E-state index contributed by atoms with van der Waals surface area (Å²) in [6, 6.07) is 21.5. The van der Waals surface area contributed by atoms with Gasteiger partial charge < -0.3 is 5.11 Å². The Morgan fingerprint density at radius 3 is 1.96 bits per heavy atom. The first-order valence-electron chi connectivity index (χ1n) is 9.20. The minimum absolute atomic E-state index is 0.183. The van der Waals surface area contributed by atoms with Crippen LogP contribution in [-0.2, 0) is 0 Å². The van der Waals surface area contributed by atoms with Crippen molar-refractivity contribution < 1.29 is 5.11 Å². The van der Waals surface area contributed by atoms with E-state index in [-0.39, 0.29) is 11.4 Å². The van der Waals surface area contributed by atoms with Crippen molar-refractivity contribution >= 4 is 25.0 Å². The molecule has 0 spiro atoms. The third kappa shape index (κ3) is 4.99. The van der Waals surface area contributed by atoms with E-state index >= 15 is 0 Å². The summed E-state index contributed by atoms with van der Waals surface area (Å²) >= 11 is 1.85. The summed E-state index contributed by atoms with van der Waals surface area (Å²) < 4.78 is -0.183. The third-order valence-electron chi connectivity index (χ3n) is 5.24. The van der Waals surface area contributed by atoms with Crippen LogP contribution in [0.1, 0.15) is 27.2 Å². The van der Waals surface area contributed by atoms with Gasteiger partial charge in [0.1, 0.15) is 0 Å². The second kappa shape index (κ2) is 8.57. The Labute approximate surface area is 158 Å². The minimum atomic E-state index is -1.76. The van der Waals surface area contributed by atoms with Gasteiger partial charge in [0.15, 0.2) is 0 Å². The molecule has 0 aliphatic carbocycles. The molecule has 0 fully saturated rings. The molecule has 0 aliphatic rings. The van der Waals surface area contributed by atoms with Gasteiger partial charge >= 0.3 is 0 Å². The molecule has 2 rings (SSSR count). The van der Waals surface area contributed by atoms with Crippen molar-refractivity contribution in [2.75, 3.05) is 6.61 Å². The Kier molecular flexibility index (Phi) is 6.95. The molecule has 0 bridgehead atoms. The number of hydrogen-bond acceptors (Lipinski definition) is 2. The van der Waals surface area contributed by atoms with Gasteiger partial charge in [-0.15, -0.1) is 11.8 Å². The van der Waals surface area contributed by atoms with Crippen molar-refractivity contribution in [2.45, 2.75) is 55.5 Å². The zero-order valence-corrected chi connectivity index (χ0v) is 18.0. The summed E-state index contributed by atoms with van der Waals surface area (Å²) in [5, 5.41) is 11.9. The number of aliphatic hydroxyl groups is 1. The molecule has 0 saturated carbocycles. The molecule has 0 aliphatic heterocycles. The topological polar surface area (TPSA) is 20.2 Å². The third-order valence-corrected chi connectivity index (χ3v) is 11.3. The second-order valence-electron chi connectivity index (χ2n) is 8.16. The second-order valence-corrected chi connectivity index (χ2v) is 14.5. The molecule has 0 radical (unpaired) electrons. The summed E-state index contributed by atoms with van der Waals surface area (Å²) in [6.07, 6.45) is 1.14. The number of rotatable bonds is 8. The van der Waals surface area contributed by atoms with Crippen molar-refractivity contribution in [2.24, 2.45) is 5.92 Å². The molecule has 0 unspecified atom stereocenters. The highest BCUT2D eigenvalue weighted by Gasteiger charge is 2.46. The quantitative estimate of drug-likeness (QED) is 0.483. The SMILES string of the molecule is CC(C)C[C@H]([C@](C)(CO)Sc1ccccc1)[Si](C)(C)c1ccccc1. The molecule has 136 valence electrons. The summed E-state index contributed by atoms with van der Waals surface area (Å²) in [4.78, 5) is 1.24. The Morgan fingerprint density at radius 2 is 1.48 bits per heavy atom. The Balaban J connectivity index is 2.43. The van der Waals surface area contributed by atoms with Gasteiger partial charge in [0.05, 0.1) is 14.7 Å². The standard InChI is InChI=1S/C22H32OSSi/c1-18(2)16-21(25(4,5)20-14-10-7-11-15-20)22(3,17-23)24-19-12-8-6-9-13-19/h6-15,18,21,23H,16-17H2,1-5H3/t21-,22+/m1/s1. The van der Waals surface area contributed by atoms with E-state index in [1.807, 2.05) is 11.8 Å². The lowest BCUT2D eigenvalue weighted by Gasteiger charge is -2.45. The molecule has 2 atom stereocenters. The van der Waals surface area contributed by atoms with Gasteiger partial charge in [0.2, 0.25) is 0 Å². The molecular weight excluding hydrogens is 340 g/mol. The van der Waals surface area contributed by atoms with E-state index in [9.17, 15) is 5.11 Å². The van der Waals surface area contributed by atoms with Gasteiger partial charge in [-0.25, -0.2) is 0 Å². The average Bonchev–Trinajstić information content (AvgIpc) is 2.61. The van der Waals surface area contributed by atoms with Gasteiger partial charge in [-0.05, 0) is 36.9 Å². The fourth-order valence-electron chi connectivity index (χ4n) is 3.82. The van der Waals surface area contributed by atoms with Gasteiger partial charge in [-0.2, -0.15) is 0 Å². The fraction of sp³-hybridized carbons (Fsp3) is 0.455. The van der Waals surface area contributed by atoms with E-state index in [4.69, 9.17) is 0 Å². The number of hydrogen-bond donors (Lipinski definition) is 1. The van der Waals surface area contributed by atoms with Crippen LogP contribution in [0, 0.1) is 5.92 Å². The van der Waals surface area contributed by atoms with Gasteiger partial charge in [-0.3, -0.25) is 0 Å². The highest BCUT2D eigenvalue weighted by Crippen LogP contribution is 2.48. The van der Waals surface area contributed by atoms with Crippen LogP contribution in [0.25, 0.3) is 0 Å². The van der Waals surface area contributed by atoms with Crippen LogP contribution in [0.4, 0.5) is 0 Å². The van der Waals surface area contributed by atoms with Crippen molar-refractivity contribution in [1.82, 2.24) is 0 Å². The first-order chi connectivity index (χ1) is 11.8. The number of benzene rings is 2. The highest BCUT2D eigenvalue weighted by atomic mass is 32.2. The zero-order chi connectivity index (χ0) is 18.5. The van der Waals surface area contributed by atoms with Crippen molar-refractivity contribution in [3.05, 3.63) is 60.7 Å². The van der Waals surface area contributed by atoms with Gasteiger partial charge in [0, 0.05) is 9.64 Å². The zero-order valence-electron chi connectivity index (χ0n) is 16.2. The lowest BCUT2D eigenvalue weighted by molar-refractivity contribution is 0.242. The van der Waals surface area contributed by atoms with Crippen molar-refractivity contribution in [1.29, 1.82) is 0 Å². The van der Waals surface area contributed by atoms with Crippen LogP contribution in [0.2, 0.25) is 18.6 Å². The van der Waals surface area contributed by atoms with Crippen LogP contribution in [0.3, 0.4) is 0 Å². The van der Waals surface area contributed by atoms with Crippen LogP contribution >= 0.6 is 11.8 Å². The molecule has 2 aromatic rings. The normalized spacial score (nSPS) is 15.8. The molecule has 0 amide bonds. The largest absolute Gasteiger partial charge is 0.395 e. The fourth-order valence-corrected chi connectivity index (χ4v) is 10.1. The molecule has 0 aromatic heterocycles. The monoisotopic (exact) mass is 372 g/mol. The maximum atomic E-state index is 10.4. The van der Waals surface area contributed by atoms with Crippen LogP contribution in [-0.4, -0.2) is 24.5 Å². The summed E-state index contributed by atoms with van der Waals surface area (Å²) in [5.74, 6) is 0.614. The smallest absolute Gasteiger partial charge is 0.0851 e. The Hall–Kier alpha value is -1.03. The summed E-state index contributed by atoms with van der Waals surface area (Å²) in [5.41, 5.74) is 0.484. The van der Waals surface area contributed by atoms with Crippen molar-refractivity contribution in [3.63, 3.8) is 0 Å².